The smallest absolute Gasteiger partial charge is 0.313 e. The highest BCUT2D eigenvalue weighted by Crippen LogP contribution is 2.44. The third kappa shape index (κ3) is 2.25. The summed E-state index contributed by atoms with van der Waals surface area (Å²) >= 11 is 0. The Balaban J connectivity index is 1.87. The van der Waals surface area contributed by atoms with Gasteiger partial charge in [-0.15, -0.1) is 0 Å². The van der Waals surface area contributed by atoms with E-state index in [0.29, 0.717) is 11.8 Å². The second-order valence-corrected chi connectivity index (χ2v) is 7.02. The van der Waals surface area contributed by atoms with E-state index >= 15 is 0 Å². The zero-order valence-corrected chi connectivity index (χ0v) is 11.0. The molecule has 3 N–H and O–H groups in total. The molecule has 1 heterocycles. The van der Waals surface area contributed by atoms with Gasteiger partial charge < -0.3 is 4.98 Å². The summed E-state index contributed by atoms with van der Waals surface area (Å²) in [6, 6.07) is -0.0879. The van der Waals surface area contributed by atoms with Crippen molar-refractivity contribution in [2.75, 3.05) is 0 Å². The number of rotatable bonds is 3. The highest BCUT2D eigenvalue weighted by Gasteiger charge is 2.41. The van der Waals surface area contributed by atoms with Crippen molar-refractivity contribution in [1.82, 2.24) is 14.7 Å². The Hall–Kier alpha value is -1.41. The minimum absolute atomic E-state index is 0.0879. The van der Waals surface area contributed by atoms with Gasteiger partial charge in [-0.2, -0.15) is 0 Å². The van der Waals surface area contributed by atoms with Gasteiger partial charge in [-0.25, -0.2) is 17.9 Å². The number of hydrogen-bond acceptors (Lipinski definition) is 4. The molecule has 0 aromatic carbocycles. The maximum Gasteiger partial charge on any atom is 0.325 e. The van der Waals surface area contributed by atoms with Crippen LogP contribution < -0.4 is 16.0 Å². The first-order valence-electron chi connectivity index (χ1n) is 6.30. The van der Waals surface area contributed by atoms with Gasteiger partial charge in [0.05, 0.1) is 0 Å². The summed E-state index contributed by atoms with van der Waals surface area (Å²) in [5.74, 6) is 0.980. The molecule has 2 aliphatic carbocycles. The molecule has 19 heavy (non-hydrogen) atoms. The molecule has 0 saturated heterocycles. The fraction of sp³-hybridized carbons (Fsp3) is 0.636. The molecule has 2 bridgehead atoms. The average Bonchev–Trinajstić information content (AvgIpc) is 2.89. The Morgan fingerprint density at radius 3 is 2.58 bits per heavy atom. The summed E-state index contributed by atoms with van der Waals surface area (Å²) in [4.78, 5) is 26.1. The van der Waals surface area contributed by atoms with Crippen molar-refractivity contribution >= 4 is 10.0 Å². The van der Waals surface area contributed by atoms with Crippen molar-refractivity contribution in [3.63, 3.8) is 0 Å². The predicted molar refractivity (Wildman–Crippen MR) is 67.2 cm³/mol. The van der Waals surface area contributed by atoms with E-state index in [4.69, 9.17) is 0 Å². The third-order valence-electron chi connectivity index (χ3n) is 4.12. The Morgan fingerprint density at radius 1 is 1.21 bits per heavy atom. The summed E-state index contributed by atoms with van der Waals surface area (Å²) < 4.78 is 26.9. The molecule has 3 unspecified atom stereocenters. The van der Waals surface area contributed by atoms with Gasteiger partial charge in [0.1, 0.15) is 0 Å². The van der Waals surface area contributed by atoms with Crippen LogP contribution in [0.25, 0.3) is 0 Å². The molecular weight excluding hydrogens is 270 g/mol. The van der Waals surface area contributed by atoms with Gasteiger partial charge in [-0.1, -0.05) is 6.42 Å². The van der Waals surface area contributed by atoms with Crippen molar-refractivity contribution in [1.29, 1.82) is 0 Å². The lowest BCUT2D eigenvalue weighted by Gasteiger charge is -2.22. The lowest BCUT2D eigenvalue weighted by molar-refractivity contribution is 0.390. The Bertz CT molecular complexity index is 705. The predicted octanol–water partition coefficient (Wildman–Crippen LogP) is -0.470. The molecule has 0 spiro atoms. The minimum Gasteiger partial charge on any atom is -0.313 e. The molecular formula is C11H15N3O4S. The Labute approximate surface area is 109 Å². The second kappa shape index (κ2) is 4.31. The molecule has 3 atom stereocenters. The summed E-state index contributed by atoms with van der Waals surface area (Å²) in [6.45, 7) is 0. The van der Waals surface area contributed by atoms with Crippen molar-refractivity contribution < 1.29 is 8.42 Å². The van der Waals surface area contributed by atoms with Crippen molar-refractivity contribution in [3.05, 3.63) is 27.0 Å². The highest BCUT2D eigenvalue weighted by molar-refractivity contribution is 7.89. The fourth-order valence-corrected chi connectivity index (χ4v) is 4.57. The first-order valence-corrected chi connectivity index (χ1v) is 7.78. The number of sulfonamides is 1. The molecule has 8 heteroatoms. The molecule has 0 aliphatic heterocycles. The molecule has 2 aliphatic rings. The Morgan fingerprint density at radius 2 is 2.00 bits per heavy atom. The topological polar surface area (TPSA) is 112 Å². The lowest BCUT2D eigenvalue weighted by Crippen LogP contribution is -2.41. The van der Waals surface area contributed by atoms with Gasteiger partial charge in [0.2, 0.25) is 10.0 Å². The number of hydrogen-bond donors (Lipinski definition) is 3. The van der Waals surface area contributed by atoms with Crippen LogP contribution in [0.1, 0.15) is 25.7 Å². The van der Waals surface area contributed by atoms with Crippen LogP contribution in [0.2, 0.25) is 0 Å². The van der Waals surface area contributed by atoms with Crippen LogP contribution in [-0.2, 0) is 10.0 Å². The average molecular weight is 285 g/mol. The fourth-order valence-electron chi connectivity index (χ4n) is 3.25. The van der Waals surface area contributed by atoms with Crippen LogP contribution in [0.15, 0.2) is 20.7 Å². The lowest BCUT2D eigenvalue weighted by atomic mass is 9.96. The molecule has 2 saturated carbocycles. The minimum atomic E-state index is -3.88. The molecule has 1 aromatic heterocycles. The van der Waals surface area contributed by atoms with Gasteiger partial charge in [0.15, 0.2) is 4.90 Å². The summed E-state index contributed by atoms with van der Waals surface area (Å²) in [5, 5.41) is 0. The maximum atomic E-state index is 12.1. The third-order valence-corrected chi connectivity index (χ3v) is 5.61. The largest absolute Gasteiger partial charge is 0.325 e. The summed E-state index contributed by atoms with van der Waals surface area (Å²) in [7, 11) is -3.88. The van der Waals surface area contributed by atoms with Crippen molar-refractivity contribution in [2.45, 2.75) is 36.6 Å². The number of aromatic nitrogens is 2. The molecule has 2 fully saturated rings. The standard InChI is InChI=1S/C11H15N3O4S/c15-10-9(5-12-11(16)13-10)19(17,18)14-8-4-6-1-2-7(8)3-6/h5-8,14H,1-4H2,(H2,12,13,15,16). The summed E-state index contributed by atoms with van der Waals surface area (Å²) in [6.07, 6.45) is 5.05. The van der Waals surface area contributed by atoms with Crippen molar-refractivity contribution in [2.24, 2.45) is 11.8 Å². The van der Waals surface area contributed by atoms with Crippen LogP contribution in [0.3, 0.4) is 0 Å². The van der Waals surface area contributed by atoms with E-state index in [-0.39, 0.29) is 6.04 Å². The van der Waals surface area contributed by atoms with E-state index in [1.807, 2.05) is 4.98 Å². The van der Waals surface area contributed by atoms with Crippen LogP contribution in [0.5, 0.6) is 0 Å². The zero-order chi connectivity index (χ0) is 13.6. The van der Waals surface area contributed by atoms with Crippen LogP contribution in [-0.4, -0.2) is 24.4 Å². The first kappa shape index (κ1) is 12.6. The van der Waals surface area contributed by atoms with E-state index in [2.05, 4.69) is 9.71 Å². The number of fused-ring (bicyclic) bond motifs is 2. The number of aromatic amines is 2. The Kier molecular flexibility index (Phi) is 2.86. The summed E-state index contributed by atoms with van der Waals surface area (Å²) in [5.41, 5.74) is -1.61. The molecule has 1 aromatic rings. The first-order chi connectivity index (χ1) is 8.95. The molecule has 0 radical (unpaired) electrons. The van der Waals surface area contributed by atoms with Crippen molar-refractivity contribution in [3.8, 4) is 0 Å². The van der Waals surface area contributed by atoms with Gasteiger partial charge in [-0.3, -0.25) is 9.78 Å². The number of H-pyrrole nitrogens is 2. The van der Waals surface area contributed by atoms with E-state index in [0.717, 1.165) is 25.5 Å². The second-order valence-electron chi connectivity index (χ2n) is 5.34. The van der Waals surface area contributed by atoms with E-state index in [1.165, 1.54) is 6.42 Å². The monoisotopic (exact) mass is 285 g/mol. The van der Waals surface area contributed by atoms with Gasteiger partial charge in [0.25, 0.3) is 5.56 Å². The number of nitrogens with one attached hydrogen (secondary N) is 3. The van der Waals surface area contributed by atoms with E-state index < -0.39 is 26.2 Å². The SMILES string of the molecule is O=c1[nH]cc(S(=O)(=O)NC2CC3CCC2C3)c(=O)[nH]1. The molecule has 3 rings (SSSR count). The van der Waals surface area contributed by atoms with Gasteiger partial charge >= 0.3 is 5.69 Å². The van der Waals surface area contributed by atoms with Crippen LogP contribution >= 0.6 is 0 Å². The molecule has 104 valence electrons. The normalized spacial score (nSPS) is 29.8. The highest BCUT2D eigenvalue weighted by atomic mass is 32.2. The molecule has 7 nitrogen and oxygen atoms in total. The van der Waals surface area contributed by atoms with Gasteiger partial charge in [0, 0.05) is 12.2 Å². The zero-order valence-electron chi connectivity index (χ0n) is 10.2. The quantitative estimate of drug-likeness (QED) is 0.697. The molecule has 0 amide bonds. The van der Waals surface area contributed by atoms with Gasteiger partial charge in [-0.05, 0) is 31.1 Å². The van der Waals surface area contributed by atoms with E-state index in [1.54, 1.807) is 0 Å². The van der Waals surface area contributed by atoms with E-state index in [9.17, 15) is 18.0 Å². The maximum absolute atomic E-state index is 12.1. The van der Waals surface area contributed by atoms with Crippen LogP contribution in [0, 0.1) is 11.8 Å². The van der Waals surface area contributed by atoms with Crippen LogP contribution in [0.4, 0.5) is 0 Å².